The third-order valence-corrected chi connectivity index (χ3v) is 3.20. The zero-order chi connectivity index (χ0) is 13.1. The van der Waals surface area contributed by atoms with Gasteiger partial charge in [0.25, 0.3) is 0 Å². The van der Waals surface area contributed by atoms with Gasteiger partial charge >= 0.3 is 0 Å². The fourth-order valence-electron chi connectivity index (χ4n) is 2.08. The van der Waals surface area contributed by atoms with E-state index in [1.165, 1.54) is 31.4 Å². The smallest absolute Gasteiger partial charge is 0.0233 e. The molecule has 18 heavy (non-hydrogen) atoms. The van der Waals surface area contributed by atoms with Gasteiger partial charge in [-0.3, -0.25) is 4.90 Å². The van der Waals surface area contributed by atoms with Crippen LogP contribution in [0.25, 0.3) is 0 Å². The van der Waals surface area contributed by atoms with Crippen LogP contribution >= 0.6 is 0 Å². The summed E-state index contributed by atoms with van der Waals surface area (Å²) in [6.45, 7) is 10.2. The summed E-state index contributed by atoms with van der Waals surface area (Å²) in [5.74, 6) is 0. The molecule has 0 amide bonds. The van der Waals surface area contributed by atoms with E-state index in [0.29, 0.717) is 0 Å². The van der Waals surface area contributed by atoms with Crippen LogP contribution in [0.15, 0.2) is 30.3 Å². The van der Waals surface area contributed by atoms with Crippen molar-refractivity contribution in [2.24, 2.45) is 0 Å². The monoisotopic (exact) mass is 248 g/mol. The van der Waals surface area contributed by atoms with E-state index in [9.17, 15) is 0 Å². The van der Waals surface area contributed by atoms with Crippen molar-refractivity contribution in [1.82, 2.24) is 10.2 Å². The summed E-state index contributed by atoms with van der Waals surface area (Å²) in [6.07, 6.45) is 3.80. The van der Waals surface area contributed by atoms with Crippen molar-refractivity contribution in [2.75, 3.05) is 26.2 Å². The Labute approximate surface area is 112 Å². The topological polar surface area (TPSA) is 15.3 Å². The molecular weight excluding hydrogens is 220 g/mol. The van der Waals surface area contributed by atoms with E-state index in [-0.39, 0.29) is 0 Å². The van der Waals surface area contributed by atoms with Gasteiger partial charge in [-0.2, -0.15) is 0 Å². The molecule has 102 valence electrons. The fraction of sp³-hybridized carbons (Fsp3) is 0.625. The molecule has 0 aromatic heterocycles. The fourth-order valence-corrected chi connectivity index (χ4v) is 2.08. The van der Waals surface area contributed by atoms with Gasteiger partial charge in [-0.05, 0) is 51.0 Å². The number of nitrogens with zero attached hydrogens (tertiary/aromatic N) is 1. The summed E-state index contributed by atoms with van der Waals surface area (Å²) < 4.78 is 0. The molecule has 0 saturated carbocycles. The summed E-state index contributed by atoms with van der Waals surface area (Å²) in [5, 5.41) is 3.46. The molecule has 2 heteroatoms. The van der Waals surface area contributed by atoms with Crippen molar-refractivity contribution >= 4 is 0 Å². The third-order valence-electron chi connectivity index (χ3n) is 3.20. The predicted octanol–water partition coefficient (Wildman–Crippen LogP) is 3.29. The third kappa shape index (κ3) is 6.77. The molecule has 0 fully saturated rings. The Hall–Kier alpha value is -0.860. The Morgan fingerprint density at radius 1 is 1.00 bits per heavy atom. The Kier molecular flexibility index (Phi) is 8.53. The summed E-state index contributed by atoms with van der Waals surface area (Å²) in [7, 11) is 0. The van der Waals surface area contributed by atoms with Gasteiger partial charge in [-0.15, -0.1) is 0 Å². The molecule has 0 atom stereocenters. The summed E-state index contributed by atoms with van der Waals surface area (Å²) >= 11 is 0. The first-order valence-corrected chi connectivity index (χ1v) is 7.33. The van der Waals surface area contributed by atoms with E-state index in [1.54, 1.807) is 0 Å². The highest BCUT2D eigenvalue weighted by atomic mass is 15.1. The number of hydrogen-bond donors (Lipinski definition) is 1. The van der Waals surface area contributed by atoms with Gasteiger partial charge in [-0.25, -0.2) is 0 Å². The van der Waals surface area contributed by atoms with Gasteiger partial charge in [0.1, 0.15) is 0 Å². The van der Waals surface area contributed by atoms with Crippen LogP contribution in [0.3, 0.4) is 0 Å². The number of rotatable bonds is 10. The average Bonchev–Trinajstić information content (AvgIpc) is 2.42. The van der Waals surface area contributed by atoms with E-state index in [2.05, 4.69) is 54.4 Å². The Bertz CT molecular complexity index is 284. The molecule has 0 spiro atoms. The molecule has 0 aliphatic carbocycles. The minimum Gasteiger partial charge on any atom is -0.317 e. The van der Waals surface area contributed by atoms with Crippen molar-refractivity contribution in [3.8, 4) is 0 Å². The van der Waals surface area contributed by atoms with Crippen LogP contribution in [0.5, 0.6) is 0 Å². The predicted molar refractivity (Wildman–Crippen MR) is 79.8 cm³/mol. The van der Waals surface area contributed by atoms with Crippen LogP contribution in [0.2, 0.25) is 0 Å². The van der Waals surface area contributed by atoms with Gasteiger partial charge in [-0.1, -0.05) is 44.2 Å². The second-order valence-electron chi connectivity index (χ2n) is 4.81. The summed E-state index contributed by atoms with van der Waals surface area (Å²) in [6, 6.07) is 10.8. The number of hydrogen-bond acceptors (Lipinski definition) is 2. The lowest BCUT2D eigenvalue weighted by molar-refractivity contribution is 0.273. The maximum absolute atomic E-state index is 3.46. The van der Waals surface area contributed by atoms with Crippen LogP contribution in [0, 0.1) is 0 Å². The second kappa shape index (κ2) is 10.1. The van der Waals surface area contributed by atoms with Crippen LogP contribution in [-0.4, -0.2) is 31.1 Å². The molecule has 0 radical (unpaired) electrons. The van der Waals surface area contributed by atoms with Crippen molar-refractivity contribution in [2.45, 2.75) is 39.7 Å². The minimum absolute atomic E-state index is 1.08. The molecule has 0 heterocycles. The minimum atomic E-state index is 1.08. The van der Waals surface area contributed by atoms with Crippen LogP contribution in [0.1, 0.15) is 38.7 Å². The van der Waals surface area contributed by atoms with Crippen molar-refractivity contribution in [3.63, 3.8) is 0 Å². The van der Waals surface area contributed by atoms with Crippen molar-refractivity contribution in [3.05, 3.63) is 35.9 Å². The highest BCUT2D eigenvalue weighted by Gasteiger charge is 2.02. The summed E-state index contributed by atoms with van der Waals surface area (Å²) in [4.78, 5) is 2.52. The van der Waals surface area contributed by atoms with Crippen LogP contribution < -0.4 is 5.32 Å². The molecule has 0 saturated heterocycles. The normalized spacial score (nSPS) is 11.1. The van der Waals surface area contributed by atoms with Crippen molar-refractivity contribution in [1.29, 1.82) is 0 Å². The first-order valence-electron chi connectivity index (χ1n) is 7.33. The first-order chi connectivity index (χ1) is 8.86. The van der Waals surface area contributed by atoms with Gasteiger partial charge in [0.15, 0.2) is 0 Å². The molecule has 0 bridgehead atoms. The lowest BCUT2D eigenvalue weighted by Crippen LogP contribution is -2.25. The number of nitrogens with one attached hydrogen (secondary N) is 1. The SMILES string of the molecule is CCCNCCCCN(CC)Cc1ccccc1. The molecule has 1 aromatic carbocycles. The zero-order valence-corrected chi connectivity index (χ0v) is 12.0. The molecule has 0 unspecified atom stereocenters. The van der Waals surface area contributed by atoms with Gasteiger partial charge in [0.05, 0.1) is 0 Å². The lowest BCUT2D eigenvalue weighted by Gasteiger charge is -2.20. The maximum atomic E-state index is 3.46. The summed E-state index contributed by atoms with van der Waals surface area (Å²) in [5.41, 5.74) is 1.42. The van der Waals surface area contributed by atoms with E-state index in [1.807, 2.05) is 0 Å². The quantitative estimate of drug-likeness (QED) is 0.639. The highest BCUT2D eigenvalue weighted by Crippen LogP contribution is 2.05. The highest BCUT2D eigenvalue weighted by molar-refractivity contribution is 5.14. The van der Waals surface area contributed by atoms with E-state index in [4.69, 9.17) is 0 Å². The van der Waals surface area contributed by atoms with Crippen LogP contribution in [-0.2, 0) is 6.54 Å². The first kappa shape index (κ1) is 15.2. The molecule has 0 aliphatic rings. The number of unbranched alkanes of at least 4 members (excludes halogenated alkanes) is 1. The molecule has 1 N–H and O–H groups in total. The lowest BCUT2D eigenvalue weighted by atomic mass is 10.2. The van der Waals surface area contributed by atoms with E-state index in [0.717, 1.165) is 26.2 Å². The van der Waals surface area contributed by atoms with E-state index >= 15 is 0 Å². The number of benzene rings is 1. The molecule has 2 nitrogen and oxygen atoms in total. The van der Waals surface area contributed by atoms with Crippen molar-refractivity contribution < 1.29 is 0 Å². The zero-order valence-electron chi connectivity index (χ0n) is 12.0. The largest absolute Gasteiger partial charge is 0.317 e. The molecular formula is C16H28N2. The molecule has 0 aliphatic heterocycles. The van der Waals surface area contributed by atoms with Gasteiger partial charge in [0.2, 0.25) is 0 Å². The second-order valence-corrected chi connectivity index (χ2v) is 4.81. The standard InChI is InChI=1S/C16H28N2/c1-3-12-17-13-8-9-14-18(4-2)15-16-10-6-5-7-11-16/h5-7,10-11,17H,3-4,8-9,12-15H2,1-2H3. The van der Waals surface area contributed by atoms with Crippen LogP contribution in [0.4, 0.5) is 0 Å². The molecule has 1 rings (SSSR count). The van der Waals surface area contributed by atoms with Gasteiger partial charge < -0.3 is 5.32 Å². The Balaban J connectivity index is 2.14. The molecule has 1 aromatic rings. The maximum Gasteiger partial charge on any atom is 0.0233 e. The average molecular weight is 248 g/mol. The van der Waals surface area contributed by atoms with Gasteiger partial charge in [0, 0.05) is 6.54 Å². The Morgan fingerprint density at radius 3 is 2.44 bits per heavy atom. The van der Waals surface area contributed by atoms with E-state index < -0.39 is 0 Å². The Morgan fingerprint density at radius 2 is 1.78 bits per heavy atom.